The molecule has 4 heteroatoms. The van der Waals surface area contributed by atoms with Crippen LogP contribution in [0.3, 0.4) is 0 Å². The van der Waals surface area contributed by atoms with Gasteiger partial charge in [0.25, 0.3) is 0 Å². The summed E-state index contributed by atoms with van der Waals surface area (Å²) in [6.07, 6.45) is 3.38. The molecule has 17 heavy (non-hydrogen) atoms. The van der Waals surface area contributed by atoms with Crippen LogP contribution in [0.15, 0.2) is 30.5 Å². The molecule has 0 N–H and O–H groups in total. The predicted molar refractivity (Wildman–Crippen MR) is 62.7 cm³/mol. The number of rotatable bonds is 2. The van der Waals surface area contributed by atoms with Gasteiger partial charge in [0.2, 0.25) is 0 Å². The molecule has 2 aromatic rings. The smallest absolute Gasteiger partial charge is 0.166 e. The molecule has 0 amide bonds. The number of benzene rings is 1. The van der Waals surface area contributed by atoms with E-state index < -0.39 is 0 Å². The van der Waals surface area contributed by atoms with Crippen molar-refractivity contribution in [1.29, 1.82) is 0 Å². The fourth-order valence-electron chi connectivity index (χ4n) is 2.42. The lowest BCUT2D eigenvalue weighted by Gasteiger charge is -2.03. The lowest BCUT2D eigenvalue weighted by Crippen LogP contribution is -2.12. The Kier molecular flexibility index (Phi) is 2.28. The third kappa shape index (κ3) is 1.75. The van der Waals surface area contributed by atoms with Crippen molar-refractivity contribution >= 4 is 5.78 Å². The first-order valence-electron chi connectivity index (χ1n) is 5.71. The number of carbonyl (C=O) groups is 1. The zero-order valence-electron chi connectivity index (χ0n) is 9.63. The summed E-state index contributed by atoms with van der Waals surface area (Å²) >= 11 is 0. The van der Waals surface area contributed by atoms with Crippen LogP contribution in [-0.2, 0) is 19.9 Å². The van der Waals surface area contributed by atoms with E-state index in [9.17, 15) is 4.79 Å². The number of nitrogens with zero attached hydrogens (tertiary/aromatic N) is 3. The highest BCUT2D eigenvalue weighted by Crippen LogP contribution is 2.28. The van der Waals surface area contributed by atoms with E-state index in [2.05, 4.69) is 10.3 Å². The topological polar surface area (TPSA) is 47.8 Å². The molecule has 0 aliphatic heterocycles. The molecule has 0 fully saturated rings. The van der Waals surface area contributed by atoms with E-state index in [0.29, 0.717) is 6.42 Å². The minimum absolute atomic E-state index is 0.0316. The van der Waals surface area contributed by atoms with E-state index in [4.69, 9.17) is 0 Å². The number of aromatic nitrogens is 3. The molecule has 86 valence electrons. The van der Waals surface area contributed by atoms with Gasteiger partial charge in [-0.3, -0.25) is 9.48 Å². The number of Topliss-reactive ketones (excluding diaryl/α,β-unsaturated/α-hetero) is 1. The van der Waals surface area contributed by atoms with Crippen LogP contribution in [0, 0.1) is 5.92 Å². The van der Waals surface area contributed by atoms with Gasteiger partial charge in [-0.1, -0.05) is 29.5 Å². The number of carbonyl (C=O) groups excluding carboxylic acids is 1. The maximum atomic E-state index is 12.2. The Hall–Kier alpha value is -1.97. The molecule has 4 nitrogen and oxygen atoms in total. The zero-order chi connectivity index (χ0) is 11.8. The highest BCUT2D eigenvalue weighted by Gasteiger charge is 2.30. The summed E-state index contributed by atoms with van der Waals surface area (Å²) in [5.41, 5.74) is 2.92. The van der Waals surface area contributed by atoms with Crippen LogP contribution in [0.2, 0.25) is 0 Å². The summed E-state index contributed by atoms with van der Waals surface area (Å²) in [4.78, 5) is 12.2. The molecule has 0 spiro atoms. The van der Waals surface area contributed by atoms with E-state index in [1.54, 1.807) is 4.68 Å². The molecule has 1 aromatic carbocycles. The molecule has 0 saturated heterocycles. The molecular weight excluding hydrogens is 214 g/mol. The third-order valence-electron chi connectivity index (χ3n) is 3.23. The van der Waals surface area contributed by atoms with Gasteiger partial charge in [0, 0.05) is 31.1 Å². The minimum Gasteiger partial charge on any atom is -0.294 e. The highest BCUT2D eigenvalue weighted by molar-refractivity contribution is 6.02. The second-order valence-electron chi connectivity index (χ2n) is 4.51. The van der Waals surface area contributed by atoms with E-state index in [0.717, 1.165) is 23.2 Å². The molecule has 0 saturated carbocycles. The van der Waals surface area contributed by atoms with Gasteiger partial charge in [-0.05, 0) is 12.0 Å². The lowest BCUT2D eigenvalue weighted by atomic mass is 9.99. The van der Waals surface area contributed by atoms with Gasteiger partial charge in [-0.25, -0.2) is 0 Å². The molecule has 3 rings (SSSR count). The van der Waals surface area contributed by atoms with Crippen molar-refractivity contribution in [2.45, 2.75) is 12.8 Å². The average Bonchev–Trinajstić information content (AvgIpc) is 2.86. The van der Waals surface area contributed by atoms with Gasteiger partial charge < -0.3 is 0 Å². The van der Waals surface area contributed by atoms with Gasteiger partial charge in [0.15, 0.2) is 5.78 Å². The van der Waals surface area contributed by atoms with Crippen LogP contribution in [0.1, 0.15) is 21.6 Å². The first kappa shape index (κ1) is 10.2. The van der Waals surface area contributed by atoms with E-state index in [1.807, 2.05) is 37.5 Å². The van der Waals surface area contributed by atoms with Crippen LogP contribution in [-0.4, -0.2) is 20.8 Å². The summed E-state index contributed by atoms with van der Waals surface area (Å²) in [7, 11) is 1.84. The molecule has 1 heterocycles. The lowest BCUT2D eigenvalue weighted by molar-refractivity contribution is 0.0935. The number of hydrogen-bond acceptors (Lipinski definition) is 3. The summed E-state index contributed by atoms with van der Waals surface area (Å²) in [6.45, 7) is 0. The Bertz CT molecular complexity index is 574. The highest BCUT2D eigenvalue weighted by atomic mass is 16.1. The van der Waals surface area contributed by atoms with Crippen LogP contribution >= 0.6 is 0 Å². The number of ketones is 1. The van der Waals surface area contributed by atoms with Crippen molar-refractivity contribution in [1.82, 2.24) is 15.0 Å². The van der Waals surface area contributed by atoms with Crippen LogP contribution in [0.5, 0.6) is 0 Å². The van der Waals surface area contributed by atoms with Gasteiger partial charge in [0.1, 0.15) is 0 Å². The largest absolute Gasteiger partial charge is 0.294 e. The maximum absolute atomic E-state index is 12.2. The molecule has 0 bridgehead atoms. The van der Waals surface area contributed by atoms with E-state index in [1.165, 1.54) is 0 Å². The van der Waals surface area contributed by atoms with Crippen molar-refractivity contribution < 1.29 is 4.79 Å². The average molecular weight is 227 g/mol. The van der Waals surface area contributed by atoms with Crippen molar-refractivity contribution in [3.8, 4) is 0 Å². The normalized spacial score (nSPS) is 18.4. The van der Waals surface area contributed by atoms with Gasteiger partial charge in [-0.2, -0.15) is 0 Å². The summed E-state index contributed by atoms with van der Waals surface area (Å²) in [5, 5.41) is 7.93. The summed E-state index contributed by atoms with van der Waals surface area (Å²) in [6, 6.07) is 7.84. The van der Waals surface area contributed by atoms with Gasteiger partial charge in [0.05, 0.1) is 5.69 Å². The van der Waals surface area contributed by atoms with Gasteiger partial charge >= 0.3 is 0 Å². The second-order valence-corrected chi connectivity index (χ2v) is 4.51. The maximum Gasteiger partial charge on any atom is 0.166 e. The fraction of sp³-hybridized carbons (Fsp3) is 0.308. The Morgan fingerprint density at radius 3 is 2.94 bits per heavy atom. The minimum atomic E-state index is 0.0316. The Labute approximate surface area is 99.3 Å². The van der Waals surface area contributed by atoms with Crippen molar-refractivity contribution in [3.05, 3.63) is 47.3 Å². The molecule has 1 atom stereocenters. The quantitative estimate of drug-likeness (QED) is 0.779. The van der Waals surface area contributed by atoms with Crippen molar-refractivity contribution in [3.63, 3.8) is 0 Å². The monoisotopic (exact) mass is 227 g/mol. The molecule has 0 radical (unpaired) electrons. The van der Waals surface area contributed by atoms with Gasteiger partial charge in [-0.15, -0.1) is 5.10 Å². The Balaban J connectivity index is 1.82. The Morgan fingerprint density at radius 2 is 2.24 bits per heavy atom. The first-order valence-corrected chi connectivity index (χ1v) is 5.71. The molecule has 1 unspecified atom stereocenters. The number of hydrogen-bond donors (Lipinski definition) is 0. The molecule has 1 aliphatic carbocycles. The van der Waals surface area contributed by atoms with Crippen molar-refractivity contribution in [2.24, 2.45) is 13.0 Å². The molecule has 1 aromatic heterocycles. The standard InChI is InChI=1S/C13H13N3O/c1-16-8-11(14-15-16)7-10-6-9-4-2-3-5-12(9)13(10)17/h2-5,8,10H,6-7H2,1H3. The second kappa shape index (κ2) is 3.80. The third-order valence-corrected chi connectivity index (χ3v) is 3.23. The summed E-state index contributed by atoms with van der Waals surface area (Å²) < 4.78 is 1.67. The molecule has 1 aliphatic rings. The van der Waals surface area contributed by atoms with Crippen LogP contribution in [0.25, 0.3) is 0 Å². The Morgan fingerprint density at radius 1 is 1.41 bits per heavy atom. The van der Waals surface area contributed by atoms with Crippen molar-refractivity contribution in [2.75, 3.05) is 0 Å². The zero-order valence-corrected chi connectivity index (χ0v) is 9.63. The molecular formula is C13H13N3O. The number of aryl methyl sites for hydroxylation is 1. The van der Waals surface area contributed by atoms with Crippen LogP contribution < -0.4 is 0 Å². The summed E-state index contributed by atoms with van der Waals surface area (Å²) in [5.74, 6) is 0.273. The SMILES string of the molecule is Cn1cc(CC2Cc3ccccc3C2=O)nn1. The first-order chi connectivity index (χ1) is 8.24. The fourth-order valence-corrected chi connectivity index (χ4v) is 2.42. The van der Waals surface area contributed by atoms with Crippen LogP contribution in [0.4, 0.5) is 0 Å². The van der Waals surface area contributed by atoms with E-state index in [-0.39, 0.29) is 11.7 Å². The number of fused-ring (bicyclic) bond motifs is 1. The van der Waals surface area contributed by atoms with E-state index >= 15 is 0 Å². The predicted octanol–water partition coefficient (Wildman–Crippen LogP) is 1.41.